The molecule has 28 heavy (non-hydrogen) atoms. The fourth-order valence-corrected chi connectivity index (χ4v) is 3.95. The predicted molar refractivity (Wildman–Crippen MR) is 113 cm³/mol. The number of nitrogens with one attached hydrogen (secondary N) is 1. The molecule has 1 aliphatic rings. The highest BCUT2D eigenvalue weighted by molar-refractivity contribution is 6.07. The monoisotopic (exact) mass is 381 g/mol. The summed E-state index contributed by atoms with van der Waals surface area (Å²) in [6.45, 7) is 9.11. The summed E-state index contributed by atoms with van der Waals surface area (Å²) in [6, 6.07) is 13.8. The van der Waals surface area contributed by atoms with Crippen molar-refractivity contribution >= 4 is 22.6 Å². The summed E-state index contributed by atoms with van der Waals surface area (Å²) in [7, 11) is 0. The Hall–Kier alpha value is -2.40. The molecule has 2 amide bonds. The van der Waals surface area contributed by atoms with E-state index in [-0.39, 0.29) is 17.7 Å². The van der Waals surface area contributed by atoms with Gasteiger partial charge in [-0.3, -0.25) is 9.59 Å². The van der Waals surface area contributed by atoms with Crippen LogP contribution < -0.4 is 5.32 Å². The van der Waals surface area contributed by atoms with E-state index in [0.29, 0.717) is 19.6 Å². The van der Waals surface area contributed by atoms with Crippen LogP contribution >= 0.6 is 0 Å². The van der Waals surface area contributed by atoms with Crippen molar-refractivity contribution in [2.24, 2.45) is 5.92 Å². The van der Waals surface area contributed by atoms with Gasteiger partial charge in [-0.05, 0) is 42.8 Å². The van der Waals surface area contributed by atoms with E-state index in [1.54, 1.807) is 0 Å². The van der Waals surface area contributed by atoms with Crippen LogP contribution in [-0.4, -0.2) is 60.9 Å². The number of likely N-dealkylation sites (N-methyl/N-ethyl adjacent to an activating group) is 1. The molecule has 3 rings (SSSR count). The van der Waals surface area contributed by atoms with Crippen molar-refractivity contribution in [3.05, 3.63) is 48.0 Å². The molecular formula is C23H31N3O2. The summed E-state index contributed by atoms with van der Waals surface area (Å²) in [5, 5.41) is 5.14. The van der Waals surface area contributed by atoms with Crippen LogP contribution in [0.5, 0.6) is 0 Å². The fraction of sp³-hybridized carbons (Fsp3) is 0.478. The number of likely N-dealkylation sites (tertiary alicyclic amines) is 1. The Morgan fingerprint density at radius 2 is 1.71 bits per heavy atom. The molecule has 5 nitrogen and oxygen atoms in total. The van der Waals surface area contributed by atoms with Crippen LogP contribution in [0.3, 0.4) is 0 Å². The van der Waals surface area contributed by atoms with Crippen LogP contribution in [0, 0.1) is 5.92 Å². The van der Waals surface area contributed by atoms with Crippen molar-refractivity contribution in [3.63, 3.8) is 0 Å². The number of rotatable bonds is 7. The van der Waals surface area contributed by atoms with Crippen LogP contribution in [0.4, 0.5) is 0 Å². The minimum absolute atomic E-state index is 0.00766. The zero-order valence-electron chi connectivity index (χ0n) is 17.0. The minimum atomic E-state index is 0.00766. The van der Waals surface area contributed by atoms with Gasteiger partial charge in [0.15, 0.2) is 0 Å². The summed E-state index contributed by atoms with van der Waals surface area (Å²) in [4.78, 5) is 29.7. The van der Waals surface area contributed by atoms with E-state index in [2.05, 4.69) is 24.1 Å². The van der Waals surface area contributed by atoms with Gasteiger partial charge in [-0.15, -0.1) is 0 Å². The average Bonchev–Trinajstić information content (AvgIpc) is 2.76. The first-order chi connectivity index (χ1) is 13.6. The Balaban J connectivity index is 1.53. The third kappa shape index (κ3) is 4.71. The minimum Gasteiger partial charge on any atom is -0.355 e. The van der Waals surface area contributed by atoms with Gasteiger partial charge in [0.25, 0.3) is 5.91 Å². The molecule has 0 radical (unpaired) electrons. The van der Waals surface area contributed by atoms with E-state index in [0.717, 1.165) is 48.8 Å². The molecule has 5 heteroatoms. The first-order valence-corrected chi connectivity index (χ1v) is 10.4. The maximum atomic E-state index is 13.0. The average molecular weight is 382 g/mol. The van der Waals surface area contributed by atoms with Crippen LogP contribution in [0.2, 0.25) is 0 Å². The molecule has 1 fully saturated rings. The highest BCUT2D eigenvalue weighted by Gasteiger charge is 2.28. The Labute approximate surface area is 167 Å². The molecule has 0 unspecified atom stereocenters. The summed E-state index contributed by atoms with van der Waals surface area (Å²) in [5.41, 5.74) is 0.750. The smallest absolute Gasteiger partial charge is 0.254 e. The molecule has 1 N–H and O–H groups in total. The van der Waals surface area contributed by atoms with Gasteiger partial charge >= 0.3 is 0 Å². The quantitative estimate of drug-likeness (QED) is 0.802. The van der Waals surface area contributed by atoms with Gasteiger partial charge in [-0.1, -0.05) is 50.2 Å². The Kier molecular flexibility index (Phi) is 7.04. The van der Waals surface area contributed by atoms with E-state index in [4.69, 9.17) is 0 Å². The maximum absolute atomic E-state index is 13.0. The van der Waals surface area contributed by atoms with Crippen LogP contribution in [0.25, 0.3) is 10.8 Å². The molecule has 2 aromatic rings. The third-order valence-corrected chi connectivity index (χ3v) is 5.79. The second-order valence-electron chi connectivity index (χ2n) is 7.41. The summed E-state index contributed by atoms with van der Waals surface area (Å²) in [6.07, 6.45) is 1.46. The lowest BCUT2D eigenvalue weighted by molar-refractivity contribution is -0.126. The highest BCUT2D eigenvalue weighted by Crippen LogP contribution is 2.23. The third-order valence-electron chi connectivity index (χ3n) is 5.79. The molecule has 0 saturated carbocycles. The van der Waals surface area contributed by atoms with Crippen LogP contribution in [-0.2, 0) is 4.79 Å². The number of carbonyl (C=O) groups is 2. The summed E-state index contributed by atoms with van der Waals surface area (Å²) in [5.74, 6) is 0.204. The zero-order valence-corrected chi connectivity index (χ0v) is 17.0. The molecule has 1 aliphatic heterocycles. The standard InChI is InChI=1S/C23H31N3O2/c1-3-25(4-2)17-14-24-22(27)19-12-15-26(16-13-19)23(28)21-11-7-9-18-8-5-6-10-20(18)21/h5-11,19H,3-4,12-17H2,1-2H3,(H,24,27). The number of carbonyl (C=O) groups excluding carboxylic acids is 2. The number of nitrogens with zero attached hydrogens (tertiary/aromatic N) is 2. The lowest BCUT2D eigenvalue weighted by atomic mass is 9.95. The van der Waals surface area contributed by atoms with Crippen molar-refractivity contribution in [1.29, 1.82) is 0 Å². The van der Waals surface area contributed by atoms with Crippen molar-refractivity contribution in [2.45, 2.75) is 26.7 Å². The summed E-state index contributed by atoms with van der Waals surface area (Å²) < 4.78 is 0. The molecule has 150 valence electrons. The number of benzene rings is 2. The van der Waals surface area contributed by atoms with Gasteiger partial charge < -0.3 is 15.1 Å². The molecule has 0 bridgehead atoms. The SMILES string of the molecule is CCN(CC)CCNC(=O)C1CCN(C(=O)c2cccc3ccccc23)CC1. The number of piperidine rings is 1. The van der Waals surface area contributed by atoms with E-state index < -0.39 is 0 Å². The fourth-order valence-electron chi connectivity index (χ4n) is 3.95. The Morgan fingerprint density at radius 3 is 2.43 bits per heavy atom. The second kappa shape index (κ2) is 9.69. The van der Waals surface area contributed by atoms with E-state index in [1.807, 2.05) is 47.4 Å². The van der Waals surface area contributed by atoms with Crippen molar-refractivity contribution in [1.82, 2.24) is 15.1 Å². The van der Waals surface area contributed by atoms with E-state index in [9.17, 15) is 9.59 Å². The topological polar surface area (TPSA) is 52.7 Å². The number of amides is 2. The van der Waals surface area contributed by atoms with Crippen LogP contribution in [0.1, 0.15) is 37.0 Å². The molecule has 0 aromatic heterocycles. The highest BCUT2D eigenvalue weighted by atomic mass is 16.2. The van der Waals surface area contributed by atoms with Gasteiger partial charge in [0.1, 0.15) is 0 Å². The van der Waals surface area contributed by atoms with Gasteiger partial charge in [-0.2, -0.15) is 0 Å². The molecule has 2 aromatic carbocycles. The summed E-state index contributed by atoms with van der Waals surface area (Å²) >= 11 is 0. The Morgan fingerprint density at radius 1 is 1.04 bits per heavy atom. The molecular weight excluding hydrogens is 350 g/mol. The predicted octanol–water partition coefficient (Wildman–Crippen LogP) is 3.15. The normalized spacial score (nSPS) is 15.2. The maximum Gasteiger partial charge on any atom is 0.254 e. The number of hydrogen-bond donors (Lipinski definition) is 1. The van der Waals surface area contributed by atoms with Crippen molar-refractivity contribution in [3.8, 4) is 0 Å². The molecule has 0 spiro atoms. The molecule has 0 atom stereocenters. The Bertz CT molecular complexity index is 803. The molecule has 1 saturated heterocycles. The van der Waals surface area contributed by atoms with Gasteiger partial charge in [0, 0.05) is 37.7 Å². The zero-order chi connectivity index (χ0) is 19.9. The molecule has 1 heterocycles. The first kappa shape index (κ1) is 20.3. The van der Waals surface area contributed by atoms with Crippen molar-refractivity contribution < 1.29 is 9.59 Å². The number of fused-ring (bicyclic) bond motifs is 1. The van der Waals surface area contributed by atoms with E-state index >= 15 is 0 Å². The lowest BCUT2D eigenvalue weighted by Crippen LogP contribution is -2.44. The second-order valence-corrected chi connectivity index (χ2v) is 7.41. The first-order valence-electron chi connectivity index (χ1n) is 10.4. The largest absolute Gasteiger partial charge is 0.355 e. The van der Waals surface area contributed by atoms with Gasteiger partial charge in [0.05, 0.1) is 0 Å². The van der Waals surface area contributed by atoms with Gasteiger partial charge in [0.2, 0.25) is 5.91 Å². The van der Waals surface area contributed by atoms with Crippen molar-refractivity contribution in [2.75, 3.05) is 39.3 Å². The number of hydrogen-bond acceptors (Lipinski definition) is 3. The molecule has 0 aliphatic carbocycles. The lowest BCUT2D eigenvalue weighted by Gasteiger charge is -2.32. The van der Waals surface area contributed by atoms with E-state index in [1.165, 1.54) is 0 Å². The van der Waals surface area contributed by atoms with Crippen LogP contribution in [0.15, 0.2) is 42.5 Å². The van der Waals surface area contributed by atoms with Gasteiger partial charge in [-0.25, -0.2) is 0 Å².